The van der Waals surface area contributed by atoms with Crippen LogP contribution in [0, 0.1) is 0 Å². The summed E-state index contributed by atoms with van der Waals surface area (Å²) in [5, 5.41) is 3.16. The first-order valence-electron chi connectivity index (χ1n) is 4.24. The van der Waals surface area contributed by atoms with E-state index in [-0.39, 0.29) is 0 Å². The number of rotatable bonds is 2. The SMILES string of the molecule is CNCN1CCc2cnccc21. The maximum atomic E-state index is 4.10. The van der Waals surface area contributed by atoms with Crippen molar-refractivity contribution < 1.29 is 0 Å². The van der Waals surface area contributed by atoms with Crippen molar-refractivity contribution in [3.05, 3.63) is 24.0 Å². The van der Waals surface area contributed by atoms with Crippen molar-refractivity contribution >= 4 is 5.69 Å². The summed E-state index contributed by atoms with van der Waals surface area (Å²) in [5.41, 5.74) is 2.70. The number of pyridine rings is 1. The molecule has 64 valence electrons. The van der Waals surface area contributed by atoms with Crippen molar-refractivity contribution in [2.24, 2.45) is 0 Å². The highest BCUT2D eigenvalue weighted by atomic mass is 15.2. The third kappa shape index (κ3) is 1.16. The largest absolute Gasteiger partial charge is 0.358 e. The van der Waals surface area contributed by atoms with E-state index in [1.165, 1.54) is 11.3 Å². The van der Waals surface area contributed by atoms with Crippen LogP contribution in [0.5, 0.6) is 0 Å². The Morgan fingerprint density at radius 2 is 2.58 bits per heavy atom. The molecule has 2 rings (SSSR count). The maximum Gasteiger partial charge on any atom is 0.0679 e. The van der Waals surface area contributed by atoms with Gasteiger partial charge in [-0.2, -0.15) is 0 Å². The predicted octanol–water partition coefficient (Wildman–Crippen LogP) is 0.621. The number of hydrogen-bond donors (Lipinski definition) is 1. The molecule has 1 N–H and O–H groups in total. The standard InChI is InChI=1S/C9H13N3/c1-10-7-12-5-3-8-6-11-4-2-9(8)12/h2,4,6,10H,3,5,7H2,1H3. The molecule has 0 unspecified atom stereocenters. The van der Waals surface area contributed by atoms with Crippen molar-refractivity contribution in [1.82, 2.24) is 10.3 Å². The summed E-state index contributed by atoms with van der Waals surface area (Å²) in [7, 11) is 1.97. The van der Waals surface area contributed by atoms with Crippen molar-refractivity contribution in [2.45, 2.75) is 6.42 Å². The Morgan fingerprint density at radius 3 is 3.42 bits per heavy atom. The first-order valence-corrected chi connectivity index (χ1v) is 4.24. The molecule has 12 heavy (non-hydrogen) atoms. The number of nitrogens with one attached hydrogen (secondary N) is 1. The molecule has 1 aliphatic rings. The molecule has 3 heteroatoms. The van der Waals surface area contributed by atoms with Crippen LogP contribution in [0.3, 0.4) is 0 Å². The summed E-state index contributed by atoms with van der Waals surface area (Å²) in [6.07, 6.45) is 4.95. The maximum absolute atomic E-state index is 4.10. The first-order chi connectivity index (χ1) is 5.92. The van der Waals surface area contributed by atoms with Crippen LogP contribution in [0.1, 0.15) is 5.56 Å². The number of hydrogen-bond acceptors (Lipinski definition) is 3. The summed E-state index contributed by atoms with van der Waals surface area (Å²) < 4.78 is 0. The second kappa shape index (κ2) is 3.11. The van der Waals surface area contributed by atoms with E-state index in [9.17, 15) is 0 Å². The summed E-state index contributed by atoms with van der Waals surface area (Å²) in [5.74, 6) is 0. The fourth-order valence-corrected chi connectivity index (χ4v) is 1.65. The second-order valence-corrected chi connectivity index (χ2v) is 3.03. The molecule has 0 aromatic carbocycles. The topological polar surface area (TPSA) is 28.2 Å². The van der Waals surface area contributed by atoms with Gasteiger partial charge in [-0.1, -0.05) is 0 Å². The molecule has 1 aliphatic heterocycles. The Bertz CT molecular complexity index is 270. The average Bonchev–Trinajstić information content (AvgIpc) is 2.50. The highest BCUT2D eigenvalue weighted by molar-refractivity contribution is 5.56. The zero-order chi connectivity index (χ0) is 8.39. The van der Waals surface area contributed by atoms with Crippen LogP contribution >= 0.6 is 0 Å². The lowest BCUT2D eigenvalue weighted by Gasteiger charge is -2.17. The molecule has 0 radical (unpaired) electrons. The smallest absolute Gasteiger partial charge is 0.0679 e. The van der Waals surface area contributed by atoms with E-state index >= 15 is 0 Å². The molecule has 0 amide bonds. The van der Waals surface area contributed by atoms with E-state index in [0.29, 0.717) is 0 Å². The van der Waals surface area contributed by atoms with Crippen molar-refractivity contribution in [3.63, 3.8) is 0 Å². The first kappa shape index (κ1) is 7.55. The molecular formula is C9H13N3. The van der Waals surface area contributed by atoms with Gasteiger partial charge in [0.25, 0.3) is 0 Å². The Labute approximate surface area is 72.4 Å². The van der Waals surface area contributed by atoms with Gasteiger partial charge in [-0.25, -0.2) is 0 Å². The molecular weight excluding hydrogens is 150 g/mol. The second-order valence-electron chi connectivity index (χ2n) is 3.03. The van der Waals surface area contributed by atoms with Crippen LogP contribution in [0.4, 0.5) is 5.69 Å². The van der Waals surface area contributed by atoms with Crippen molar-refractivity contribution in [1.29, 1.82) is 0 Å². The van der Waals surface area contributed by atoms with Crippen LogP contribution < -0.4 is 10.2 Å². The Balaban J connectivity index is 2.24. The Morgan fingerprint density at radius 1 is 1.67 bits per heavy atom. The van der Waals surface area contributed by atoms with Crippen molar-refractivity contribution in [2.75, 3.05) is 25.2 Å². The Kier molecular flexibility index (Phi) is 1.96. The highest BCUT2D eigenvalue weighted by Crippen LogP contribution is 2.25. The van der Waals surface area contributed by atoms with Gasteiger partial charge in [-0.3, -0.25) is 4.98 Å². The lowest BCUT2D eigenvalue weighted by Crippen LogP contribution is -2.30. The minimum atomic E-state index is 0.928. The van der Waals surface area contributed by atoms with Gasteiger partial charge >= 0.3 is 0 Å². The van der Waals surface area contributed by atoms with Gasteiger partial charge in [-0.15, -0.1) is 0 Å². The van der Waals surface area contributed by atoms with Gasteiger partial charge < -0.3 is 10.2 Å². The molecule has 0 saturated carbocycles. The number of aromatic nitrogens is 1. The van der Waals surface area contributed by atoms with Gasteiger partial charge in [0.1, 0.15) is 0 Å². The lowest BCUT2D eigenvalue weighted by molar-refractivity contribution is 0.738. The molecule has 0 aliphatic carbocycles. The summed E-state index contributed by atoms with van der Waals surface area (Å²) >= 11 is 0. The zero-order valence-electron chi connectivity index (χ0n) is 7.25. The number of fused-ring (bicyclic) bond motifs is 1. The molecule has 1 aromatic heterocycles. The molecule has 0 bridgehead atoms. The van der Waals surface area contributed by atoms with E-state index in [2.05, 4.69) is 21.3 Å². The molecule has 0 fully saturated rings. The molecule has 1 aromatic rings. The fourth-order valence-electron chi connectivity index (χ4n) is 1.65. The van der Waals surface area contributed by atoms with Crippen LogP contribution in [0.2, 0.25) is 0 Å². The van der Waals surface area contributed by atoms with Crippen LogP contribution in [0.15, 0.2) is 18.5 Å². The molecule has 0 atom stereocenters. The summed E-state index contributed by atoms with van der Waals surface area (Å²) in [6.45, 7) is 2.04. The third-order valence-electron chi connectivity index (χ3n) is 2.22. The average molecular weight is 163 g/mol. The normalized spacial score (nSPS) is 14.9. The minimum absolute atomic E-state index is 0.928. The molecule has 2 heterocycles. The summed E-state index contributed by atoms with van der Waals surface area (Å²) in [4.78, 5) is 6.43. The molecule has 0 spiro atoms. The van der Waals surface area contributed by atoms with Gasteiger partial charge in [0, 0.05) is 24.6 Å². The van der Waals surface area contributed by atoms with Gasteiger partial charge in [-0.05, 0) is 25.1 Å². The molecule has 0 saturated heterocycles. The minimum Gasteiger partial charge on any atom is -0.358 e. The van der Waals surface area contributed by atoms with E-state index in [0.717, 1.165) is 19.6 Å². The van der Waals surface area contributed by atoms with E-state index in [4.69, 9.17) is 0 Å². The van der Waals surface area contributed by atoms with E-state index < -0.39 is 0 Å². The van der Waals surface area contributed by atoms with Crippen LogP contribution in [-0.2, 0) is 6.42 Å². The van der Waals surface area contributed by atoms with Gasteiger partial charge in [0.15, 0.2) is 0 Å². The van der Waals surface area contributed by atoms with Gasteiger partial charge in [0.05, 0.1) is 6.67 Å². The van der Waals surface area contributed by atoms with E-state index in [1.807, 2.05) is 19.4 Å². The van der Waals surface area contributed by atoms with Gasteiger partial charge in [0.2, 0.25) is 0 Å². The van der Waals surface area contributed by atoms with Crippen LogP contribution in [0.25, 0.3) is 0 Å². The lowest BCUT2D eigenvalue weighted by atomic mass is 10.2. The number of anilines is 1. The number of nitrogens with zero attached hydrogens (tertiary/aromatic N) is 2. The van der Waals surface area contributed by atoms with Crippen molar-refractivity contribution in [3.8, 4) is 0 Å². The quantitative estimate of drug-likeness (QED) is 0.692. The third-order valence-corrected chi connectivity index (χ3v) is 2.22. The summed E-state index contributed by atoms with van der Waals surface area (Å²) in [6, 6.07) is 2.08. The van der Waals surface area contributed by atoms with Crippen LogP contribution in [-0.4, -0.2) is 25.2 Å². The highest BCUT2D eigenvalue weighted by Gasteiger charge is 2.16. The zero-order valence-corrected chi connectivity index (χ0v) is 7.25. The predicted molar refractivity (Wildman–Crippen MR) is 49.2 cm³/mol. The van der Waals surface area contributed by atoms with E-state index in [1.54, 1.807) is 0 Å². The monoisotopic (exact) mass is 163 g/mol. The molecule has 3 nitrogen and oxygen atoms in total. The fraction of sp³-hybridized carbons (Fsp3) is 0.444. The Hall–Kier alpha value is -1.09.